The van der Waals surface area contributed by atoms with Crippen molar-refractivity contribution >= 4 is 21.8 Å². The molecule has 2 rings (SSSR count). The zero-order chi connectivity index (χ0) is 13.0. The summed E-state index contributed by atoms with van der Waals surface area (Å²) in [5.74, 6) is 0.962. The van der Waals surface area contributed by atoms with Crippen LogP contribution < -0.4 is 0 Å². The van der Waals surface area contributed by atoms with Crippen molar-refractivity contribution in [2.45, 2.75) is 32.6 Å². The van der Waals surface area contributed by atoms with E-state index < -0.39 is 0 Å². The molecule has 0 radical (unpaired) electrons. The van der Waals surface area contributed by atoms with E-state index in [-0.39, 0.29) is 0 Å². The number of aryl methyl sites for hydroxylation is 1. The summed E-state index contributed by atoms with van der Waals surface area (Å²) in [6.45, 7) is 4.11. The van der Waals surface area contributed by atoms with Gasteiger partial charge in [0, 0.05) is 24.0 Å². The second kappa shape index (κ2) is 6.37. The fourth-order valence-corrected chi connectivity index (χ4v) is 3.00. The summed E-state index contributed by atoms with van der Waals surface area (Å²) in [6.07, 6.45) is 3.86. The summed E-state index contributed by atoms with van der Waals surface area (Å²) < 4.78 is 1.10. The van der Waals surface area contributed by atoms with Crippen LogP contribution in [0.5, 0.6) is 0 Å². The average Bonchev–Trinajstić information content (AvgIpc) is 2.37. The molecule has 1 atom stereocenters. The van der Waals surface area contributed by atoms with Crippen LogP contribution in [0, 0.1) is 5.92 Å². The predicted octanol–water partition coefficient (Wildman–Crippen LogP) is 3.64. The highest BCUT2D eigenvalue weighted by Gasteiger charge is 2.20. The van der Waals surface area contributed by atoms with Crippen LogP contribution >= 0.6 is 15.9 Å². The molecule has 0 aromatic heterocycles. The van der Waals surface area contributed by atoms with Gasteiger partial charge in [0.15, 0.2) is 0 Å². The van der Waals surface area contributed by atoms with Gasteiger partial charge in [-0.05, 0) is 36.8 Å². The van der Waals surface area contributed by atoms with Crippen LogP contribution in [0.1, 0.15) is 31.7 Å². The normalized spacial score (nSPS) is 19.9. The lowest BCUT2D eigenvalue weighted by Gasteiger charge is -2.31. The van der Waals surface area contributed by atoms with Crippen molar-refractivity contribution < 1.29 is 4.79 Å². The number of carbonyl (C=O) groups excluding carboxylic acids is 1. The van der Waals surface area contributed by atoms with Gasteiger partial charge in [0.1, 0.15) is 0 Å². The zero-order valence-electron chi connectivity index (χ0n) is 10.9. The van der Waals surface area contributed by atoms with E-state index in [1.165, 1.54) is 12.0 Å². The number of halogens is 1. The summed E-state index contributed by atoms with van der Waals surface area (Å²) in [5, 5.41) is 0. The first-order chi connectivity index (χ1) is 8.66. The summed E-state index contributed by atoms with van der Waals surface area (Å²) in [7, 11) is 0. The molecular formula is C15H20BrNO. The van der Waals surface area contributed by atoms with Crippen LogP contribution in [0.15, 0.2) is 28.7 Å². The first kappa shape index (κ1) is 13.6. The molecule has 1 aliphatic heterocycles. The Labute approximate surface area is 117 Å². The maximum absolute atomic E-state index is 12.1. The third-order valence-corrected chi connectivity index (χ3v) is 4.35. The van der Waals surface area contributed by atoms with Crippen LogP contribution in [0.2, 0.25) is 0 Å². The number of piperidine rings is 1. The molecule has 1 aliphatic rings. The van der Waals surface area contributed by atoms with Crippen molar-refractivity contribution in [3.63, 3.8) is 0 Å². The summed E-state index contributed by atoms with van der Waals surface area (Å²) in [5.41, 5.74) is 1.22. The van der Waals surface area contributed by atoms with Crippen molar-refractivity contribution in [1.82, 2.24) is 4.90 Å². The van der Waals surface area contributed by atoms with Crippen LogP contribution in [0.25, 0.3) is 0 Å². The molecule has 1 heterocycles. The molecule has 1 unspecified atom stereocenters. The highest BCUT2D eigenvalue weighted by molar-refractivity contribution is 9.10. The van der Waals surface area contributed by atoms with Crippen LogP contribution in [0.4, 0.5) is 0 Å². The van der Waals surface area contributed by atoms with E-state index in [0.29, 0.717) is 18.2 Å². The summed E-state index contributed by atoms with van der Waals surface area (Å²) in [6, 6.07) is 8.13. The van der Waals surface area contributed by atoms with Crippen molar-refractivity contribution in [2.75, 3.05) is 13.1 Å². The second-order valence-corrected chi connectivity index (χ2v) is 6.03. The van der Waals surface area contributed by atoms with E-state index >= 15 is 0 Å². The van der Waals surface area contributed by atoms with Crippen LogP contribution in [-0.2, 0) is 11.2 Å². The minimum atomic E-state index is 0.303. The van der Waals surface area contributed by atoms with Gasteiger partial charge >= 0.3 is 0 Å². The average molecular weight is 310 g/mol. The fraction of sp³-hybridized carbons (Fsp3) is 0.533. The Morgan fingerprint density at radius 3 is 2.94 bits per heavy atom. The Bertz CT molecular complexity index is 419. The largest absolute Gasteiger partial charge is 0.342 e. The van der Waals surface area contributed by atoms with Gasteiger partial charge in [-0.15, -0.1) is 0 Å². The molecule has 0 aliphatic carbocycles. The van der Waals surface area contributed by atoms with Crippen molar-refractivity contribution in [3.8, 4) is 0 Å². The van der Waals surface area contributed by atoms with Crippen LogP contribution in [0.3, 0.4) is 0 Å². The molecule has 2 nitrogen and oxygen atoms in total. The molecule has 1 aromatic carbocycles. The molecule has 1 saturated heterocycles. The van der Waals surface area contributed by atoms with Crippen LogP contribution in [-0.4, -0.2) is 23.9 Å². The van der Waals surface area contributed by atoms with Gasteiger partial charge in [0.2, 0.25) is 5.91 Å². The molecule has 3 heteroatoms. The minimum Gasteiger partial charge on any atom is -0.342 e. The van der Waals surface area contributed by atoms with E-state index in [0.717, 1.165) is 30.4 Å². The van der Waals surface area contributed by atoms with E-state index in [9.17, 15) is 4.79 Å². The fourth-order valence-electron chi connectivity index (χ4n) is 2.52. The summed E-state index contributed by atoms with van der Waals surface area (Å²) >= 11 is 3.53. The van der Waals surface area contributed by atoms with Gasteiger partial charge in [0.25, 0.3) is 0 Å². The molecule has 98 valence electrons. The van der Waals surface area contributed by atoms with Gasteiger partial charge in [-0.2, -0.15) is 0 Å². The lowest BCUT2D eigenvalue weighted by molar-refractivity contribution is -0.132. The number of hydrogen-bond donors (Lipinski definition) is 0. The molecule has 1 amide bonds. The van der Waals surface area contributed by atoms with Crippen molar-refractivity contribution in [1.29, 1.82) is 0 Å². The smallest absolute Gasteiger partial charge is 0.222 e. The number of carbonyl (C=O) groups is 1. The third-order valence-electron chi connectivity index (χ3n) is 3.58. The minimum absolute atomic E-state index is 0.303. The van der Waals surface area contributed by atoms with E-state index in [1.807, 2.05) is 23.1 Å². The highest BCUT2D eigenvalue weighted by Crippen LogP contribution is 2.20. The lowest BCUT2D eigenvalue weighted by atomic mass is 9.99. The maximum atomic E-state index is 12.1. The zero-order valence-corrected chi connectivity index (χ0v) is 12.4. The topological polar surface area (TPSA) is 20.3 Å². The molecule has 0 saturated carbocycles. The molecule has 0 spiro atoms. The van der Waals surface area contributed by atoms with Gasteiger partial charge in [-0.1, -0.05) is 41.1 Å². The Morgan fingerprint density at radius 1 is 1.44 bits per heavy atom. The molecule has 18 heavy (non-hydrogen) atoms. The number of rotatable bonds is 3. The first-order valence-electron chi connectivity index (χ1n) is 6.68. The molecular weight excluding hydrogens is 290 g/mol. The van der Waals surface area contributed by atoms with Gasteiger partial charge in [-0.3, -0.25) is 4.79 Å². The molecule has 1 fully saturated rings. The monoisotopic (exact) mass is 309 g/mol. The van der Waals surface area contributed by atoms with Gasteiger partial charge in [-0.25, -0.2) is 0 Å². The number of hydrogen-bond acceptors (Lipinski definition) is 1. The van der Waals surface area contributed by atoms with E-state index in [1.54, 1.807) is 0 Å². The Kier molecular flexibility index (Phi) is 4.81. The Hall–Kier alpha value is -0.830. The SMILES string of the molecule is CC1CCCN(C(=O)CCc2ccccc2Br)C1. The maximum Gasteiger partial charge on any atom is 0.222 e. The molecule has 0 N–H and O–H groups in total. The third kappa shape index (κ3) is 3.58. The number of amides is 1. The highest BCUT2D eigenvalue weighted by atomic mass is 79.9. The Morgan fingerprint density at radius 2 is 2.22 bits per heavy atom. The lowest BCUT2D eigenvalue weighted by Crippen LogP contribution is -2.39. The first-order valence-corrected chi connectivity index (χ1v) is 7.47. The summed E-state index contributed by atoms with van der Waals surface area (Å²) in [4.78, 5) is 14.2. The predicted molar refractivity (Wildman–Crippen MR) is 77.4 cm³/mol. The number of nitrogens with zero attached hydrogens (tertiary/aromatic N) is 1. The quantitative estimate of drug-likeness (QED) is 0.834. The molecule has 0 bridgehead atoms. The van der Waals surface area contributed by atoms with Crippen molar-refractivity contribution in [2.24, 2.45) is 5.92 Å². The standard InChI is InChI=1S/C15H20BrNO/c1-12-5-4-10-17(11-12)15(18)9-8-13-6-2-3-7-14(13)16/h2-3,6-7,12H,4-5,8-11H2,1H3. The number of benzene rings is 1. The van der Waals surface area contributed by atoms with Gasteiger partial charge in [0.05, 0.1) is 0 Å². The molecule has 1 aromatic rings. The van der Waals surface area contributed by atoms with E-state index in [4.69, 9.17) is 0 Å². The van der Waals surface area contributed by atoms with Crippen molar-refractivity contribution in [3.05, 3.63) is 34.3 Å². The Balaban J connectivity index is 1.86. The number of likely N-dealkylation sites (tertiary alicyclic amines) is 1. The van der Waals surface area contributed by atoms with Gasteiger partial charge < -0.3 is 4.90 Å². The van der Waals surface area contributed by atoms with E-state index in [2.05, 4.69) is 28.9 Å². The second-order valence-electron chi connectivity index (χ2n) is 5.18.